The van der Waals surface area contributed by atoms with Gasteiger partial charge in [-0.1, -0.05) is 23.7 Å². The van der Waals surface area contributed by atoms with Gasteiger partial charge in [-0.15, -0.1) is 0 Å². The zero-order chi connectivity index (χ0) is 14.8. The summed E-state index contributed by atoms with van der Waals surface area (Å²) in [6.07, 6.45) is 0.816. The van der Waals surface area contributed by atoms with Gasteiger partial charge < -0.3 is 10.6 Å². The molecule has 5 heteroatoms. The average molecular weight is 305 g/mol. The predicted molar refractivity (Wildman–Crippen MR) is 81.2 cm³/mol. The summed E-state index contributed by atoms with van der Waals surface area (Å²) in [7, 11) is 0. The van der Waals surface area contributed by atoms with Gasteiger partial charge in [-0.05, 0) is 48.4 Å². The number of rotatable bonds is 2. The van der Waals surface area contributed by atoms with Crippen molar-refractivity contribution in [3.63, 3.8) is 0 Å². The number of carbonyl (C=O) groups excluding carboxylic acids is 1. The molecule has 21 heavy (non-hydrogen) atoms. The molecule has 1 aliphatic heterocycles. The normalized spacial score (nSPS) is 13.6. The molecule has 1 amide bonds. The predicted octanol–water partition coefficient (Wildman–Crippen LogP) is 3.38. The van der Waals surface area contributed by atoms with E-state index in [0.717, 1.165) is 30.6 Å². The van der Waals surface area contributed by atoms with Gasteiger partial charge in [0.15, 0.2) is 0 Å². The summed E-state index contributed by atoms with van der Waals surface area (Å²) in [5, 5.41) is 6.21. The van der Waals surface area contributed by atoms with Crippen LogP contribution in [0.5, 0.6) is 0 Å². The van der Waals surface area contributed by atoms with E-state index in [4.69, 9.17) is 11.6 Å². The average Bonchev–Trinajstić information content (AvgIpc) is 2.49. The second-order valence-electron chi connectivity index (χ2n) is 4.95. The SMILES string of the molecule is O=C(Nc1ccc(F)cc1Cl)c1cccc2c1CCNC2. The lowest BCUT2D eigenvalue weighted by Crippen LogP contribution is -2.26. The number of halogens is 2. The fourth-order valence-electron chi connectivity index (χ4n) is 2.53. The van der Waals surface area contributed by atoms with Crippen LogP contribution in [0.25, 0.3) is 0 Å². The molecule has 0 aromatic heterocycles. The van der Waals surface area contributed by atoms with Gasteiger partial charge in [0.25, 0.3) is 5.91 Å². The molecule has 0 aliphatic carbocycles. The van der Waals surface area contributed by atoms with Crippen molar-refractivity contribution in [1.82, 2.24) is 5.32 Å². The first-order valence-corrected chi connectivity index (χ1v) is 7.11. The van der Waals surface area contributed by atoms with Crippen molar-refractivity contribution in [3.8, 4) is 0 Å². The van der Waals surface area contributed by atoms with Crippen LogP contribution in [0.1, 0.15) is 21.5 Å². The first-order chi connectivity index (χ1) is 10.1. The maximum absolute atomic E-state index is 13.0. The Labute approximate surface area is 127 Å². The van der Waals surface area contributed by atoms with E-state index in [-0.39, 0.29) is 10.9 Å². The van der Waals surface area contributed by atoms with Crippen molar-refractivity contribution in [2.45, 2.75) is 13.0 Å². The standard InChI is InChI=1S/C16H14ClFN2O/c17-14-8-11(18)4-5-15(14)20-16(21)13-3-1-2-10-9-19-7-6-12(10)13/h1-5,8,19H,6-7,9H2,(H,20,21). The van der Waals surface area contributed by atoms with Crippen LogP contribution < -0.4 is 10.6 Å². The van der Waals surface area contributed by atoms with Gasteiger partial charge in [0.05, 0.1) is 10.7 Å². The van der Waals surface area contributed by atoms with Crippen LogP contribution in [-0.4, -0.2) is 12.5 Å². The first-order valence-electron chi connectivity index (χ1n) is 6.73. The van der Waals surface area contributed by atoms with Crippen molar-refractivity contribution in [2.75, 3.05) is 11.9 Å². The molecule has 0 spiro atoms. The molecule has 0 atom stereocenters. The lowest BCUT2D eigenvalue weighted by atomic mass is 9.95. The summed E-state index contributed by atoms with van der Waals surface area (Å²) < 4.78 is 13.0. The Kier molecular flexibility index (Phi) is 3.90. The number of anilines is 1. The van der Waals surface area contributed by atoms with Crippen LogP contribution in [0.4, 0.5) is 10.1 Å². The van der Waals surface area contributed by atoms with Gasteiger partial charge >= 0.3 is 0 Å². The van der Waals surface area contributed by atoms with Gasteiger partial charge in [-0.3, -0.25) is 4.79 Å². The van der Waals surface area contributed by atoms with E-state index in [1.807, 2.05) is 12.1 Å². The third-order valence-electron chi connectivity index (χ3n) is 3.56. The molecule has 2 aromatic carbocycles. The molecule has 1 aliphatic rings. The fraction of sp³-hybridized carbons (Fsp3) is 0.188. The van der Waals surface area contributed by atoms with Crippen LogP contribution >= 0.6 is 11.6 Å². The highest BCUT2D eigenvalue weighted by molar-refractivity contribution is 6.33. The van der Waals surface area contributed by atoms with E-state index < -0.39 is 5.82 Å². The minimum Gasteiger partial charge on any atom is -0.321 e. The van der Waals surface area contributed by atoms with Crippen molar-refractivity contribution in [2.24, 2.45) is 0 Å². The number of amides is 1. The van der Waals surface area contributed by atoms with Gasteiger partial charge in [-0.25, -0.2) is 4.39 Å². The second kappa shape index (κ2) is 5.84. The molecule has 0 saturated carbocycles. The van der Waals surface area contributed by atoms with E-state index in [1.165, 1.54) is 18.2 Å². The van der Waals surface area contributed by atoms with Gasteiger partial charge in [0, 0.05) is 12.1 Å². The van der Waals surface area contributed by atoms with Crippen molar-refractivity contribution < 1.29 is 9.18 Å². The lowest BCUT2D eigenvalue weighted by Gasteiger charge is -2.20. The Morgan fingerprint density at radius 2 is 2.14 bits per heavy atom. The van der Waals surface area contributed by atoms with Crippen LogP contribution in [0.15, 0.2) is 36.4 Å². The molecule has 2 aromatic rings. The molecule has 0 saturated heterocycles. The van der Waals surface area contributed by atoms with Crippen molar-refractivity contribution in [1.29, 1.82) is 0 Å². The monoisotopic (exact) mass is 304 g/mol. The van der Waals surface area contributed by atoms with Gasteiger partial charge in [0.2, 0.25) is 0 Å². The highest BCUT2D eigenvalue weighted by atomic mass is 35.5. The Bertz CT molecular complexity index is 703. The fourth-order valence-corrected chi connectivity index (χ4v) is 2.74. The highest BCUT2D eigenvalue weighted by Crippen LogP contribution is 2.25. The summed E-state index contributed by atoms with van der Waals surface area (Å²) in [6, 6.07) is 9.60. The molecule has 108 valence electrons. The summed E-state index contributed by atoms with van der Waals surface area (Å²) >= 11 is 5.94. The Morgan fingerprint density at radius 1 is 1.29 bits per heavy atom. The largest absolute Gasteiger partial charge is 0.321 e. The third kappa shape index (κ3) is 2.91. The number of carbonyl (C=O) groups is 1. The summed E-state index contributed by atoms with van der Waals surface area (Å²) in [4.78, 5) is 12.4. The maximum atomic E-state index is 13.0. The Hall–Kier alpha value is -1.91. The quantitative estimate of drug-likeness (QED) is 0.893. The van der Waals surface area contributed by atoms with Crippen molar-refractivity contribution >= 4 is 23.2 Å². The maximum Gasteiger partial charge on any atom is 0.255 e. The van der Waals surface area contributed by atoms with E-state index >= 15 is 0 Å². The summed E-state index contributed by atoms with van der Waals surface area (Å²) in [6.45, 7) is 1.63. The third-order valence-corrected chi connectivity index (χ3v) is 3.88. The van der Waals surface area contributed by atoms with E-state index in [2.05, 4.69) is 10.6 Å². The van der Waals surface area contributed by atoms with Crippen LogP contribution in [-0.2, 0) is 13.0 Å². The summed E-state index contributed by atoms with van der Waals surface area (Å²) in [5.74, 6) is -0.650. The van der Waals surface area contributed by atoms with Crippen LogP contribution in [0.2, 0.25) is 5.02 Å². The number of nitrogens with one attached hydrogen (secondary N) is 2. The molecule has 2 N–H and O–H groups in total. The molecule has 3 rings (SSSR count). The number of hydrogen-bond acceptors (Lipinski definition) is 2. The molecular formula is C16H14ClFN2O. The van der Waals surface area contributed by atoms with Crippen molar-refractivity contribution in [3.05, 3.63) is 63.9 Å². The van der Waals surface area contributed by atoms with E-state index in [1.54, 1.807) is 6.07 Å². The highest BCUT2D eigenvalue weighted by Gasteiger charge is 2.18. The summed E-state index contributed by atoms with van der Waals surface area (Å²) in [5.41, 5.74) is 3.26. The van der Waals surface area contributed by atoms with Gasteiger partial charge in [-0.2, -0.15) is 0 Å². The van der Waals surface area contributed by atoms with Crippen LogP contribution in [0, 0.1) is 5.82 Å². The lowest BCUT2D eigenvalue weighted by molar-refractivity contribution is 0.102. The number of fused-ring (bicyclic) bond motifs is 1. The Morgan fingerprint density at radius 3 is 2.95 bits per heavy atom. The van der Waals surface area contributed by atoms with E-state index in [9.17, 15) is 9.18 Å². The number of benzene rings is 2. The molecular weight excluding hydrogens is 291 g/mol. The van der Waals surface area contributed by atoms with Crippen LogP contribution in [0.3, 0.4) is 0 Å². The molecule has 0 unspecified atom stereocenters. The zero-order valence-corrected chi connectivity index (χ0v) is 12.0. The first kappa shape index (κ1) is 14.0. The molecule has 0 fully saturated rings. The molecule has 3 nitrogen and oxygen atoms in total. The number of hydrogen-bond donors (Lipinski definition) is 2. The zero-order valence-electron chi connectivity index (χ0n) is 11.2. The minimum atomic E-state index is -0.429. The molecule has 0 bridgehead atoms. The minimum absolute atomic E-state index is 0.190. The molecule has 0 radical (unpaired) electrons. The Balaban J connectivity index is 1.89. The van der Waals surface area contributed by atoms with Gasteiger partial charge in [0.1, 0.15) is 5.82 Å². The topological polar surface area (TPSA) is 41.1 Å². The molecule has 1 heterocycles. The second-order valence-corrected chi connectivity index (χ2v) is 5.36. The smallest absolute Gasteiger partial charge is 0.255 e. The van der Waals surface area contributed by atoms with E-state index in [0.29, 0.717) is 11.3 Å².